The summed E-state index contributed by atoms with van der Waals surface area (Å²) in [5.41, 5.74) is 2.08. The Morgan fingerprint density at radius 2 is 2.28 bits per heavy atom. The first-order valence-corrected chi connectivity index (χ1v) is 6.59. The van der Waals surface area contributed by atoms with Gasteiger partial charge in [0.1, 0.15) is 5.82 Å². The maximum atomic E-state index is 13.3. The monoisotopic (exact) mass is 311 g/mol. The third-order valence-corrected chi connectivity index (χ3v) is 3.52. The number of hydrogen-bond donors (Lipinski definition) is 1. The average Bonchev–Trinajstić information content (AvgIpc) is 2.76. The Hall–Kier alpha value is -1.20. The van der Waals surface area contributed by atoms with Crippen LogP contribution in [0.25, 0.3) is 0 Å². The van der Waals surface area contributed by atoms with E-state index in [0.717, 1.165) is 24.2 Å². The minimum atomic E-state index is -0.225. The third-order valence-electron chi connectivity index (χ3n) is 2.63. The molecule has 0 unspecified atom stereocenters. The quantitative estimate of drug-likeness (QED) is 0.861. The molecule has 0 spiro atoms. The molecule has 2 rings (SSSR count). The fourth-order valence-electron chi connectivity index (χ4n) is 1.69. The highest BCUT2D eigenvalue weighted by atomic mass is 79.9. The van der Waals surface area contributed by atoms with Crippen molar-refractivity contribution >= 4 is 15.9 Å². The zero-order valence-electron chi connectivity index (χ0n) is 10.2. The molecule has 0 atom stereocenters. The van der Waals surface area contributed by atoms with Crippen LogP contribution in [0.5, 0.6) is 0 Å². The molecule has 0 saturated heterocycles. The number of rotatable bonds is 5. The molecule has 0 amide bonds. The molecule has 1 heterocycles. The lowest BCUT2D eigenvalue weighted by Crippen LogP contribution is -2.20. The second kappa shape index (κ2) is 6.11. The number of nitrogens with zero attached hydrogens (tertiary/aromatic N) is 2. The van der Waals surface area contributed by atoms with E-state index in [2.05, 4.69) is 26.3 Å². The molecule has 18 heavy (non-hydrogen) atoms. The summed E-state index contributed by atoms with van der Waals surface area (Å²) in [5.74, 6) is -0.225. The van der Waals surface area contributed by atoms with E-state index in [9.17, 15) is 4.39 Å². The Labute approximate surface area is 114 Å². The Morgan fingerprint density at radius 3 is 3.00 bits per heavy atom. The van der Waals surface area contributed by atoms with Crippen LogP contribution in [-0.2, 0) is 13.1 Å². The standard InChI is InChI=1S/C13H15BrFN3/c1-10-7-17-18(9-10)6-5-16-8-11-3-2-4-12(15)13(11)14/h2-4,7,9,16H,5-6,8H2,1H3. The lowest BCUT2D eigenvalue weighted by molar-refractivity contribution is 0.551. The maximum absolute atomic E-state index is 13.3. The molecular weight excluding hydrogens is 297 g/mol. The van der Waals surface area contributed by atoms with Crippen molar-refractivity contribution < 1.29 is 4.39 Å². The predicted molar refractivity (Wildman–Crippen MR) is 72.8 cm³/mol. The SMILES string of the molecule is Cc1cnn(CCNCc2cccc(F)c2Br)c1. The van der Waals surface area contributed by atoms with E-state index in [4.69, 9.17) is 0 Å². The van der Waals surface area contributed by atoms with Crippen molar-refractivity contribution in [2.45, 2.75) is 20.0 Å². The van der Waals surface area contributed by atoms with E-state index >= 15 is 0 Å². The van der Waals surface area contributed by atoms with E-state index in [1.165, 1.54) is 6.07 Å². The van der Waals surface area contributed by atoms with Gasteiger partial charge in [0.15, 0.2) is 0 Å². The second-order valence-electron chi connectivity index (χ2n) is 4.17. The summed E-state index contributed by atoms with van der Waals surface area (Å²) >= 11 is 3.25. The molecule has 0 aliphatic heterocycles. The summed E-state index contributed by atoms with van der Waals surface area (Å²) in [6.07, 6.45) is 3.84. The van der Waals surface area contributed by atoms with Gasteiger partial charge < -0.3 is 5.32 Å². The topological polar surface area (TPSA) is 29.9 Å². The van der Waals surface area contributed by atoms with E-state index in [-0.39, 0.29) is 5.82 Å². The summed E-state index contributed by atoms with van der Waals surface area (Å²) in [7, 11) is 0. The average molecular weight is 312 g/mol. The molecular formula is C13H15BrFN3. The smallest absolute Gasteiger partial charge is 0.137 e. The van der Waals surface area contributed by atoms with Crippen LogP contribution in [0.3, 0.4) is 0 Å². The van der Waals surface area contributed by atoms with Crippen molar-refractivity contribution in [1.82, 2.24) is 15.1 Å². The van der Waals surface area contributed by atoms with Gasteiger partial charge in [-0.25, -0.2) is 4.39 Å². The summed E-state index contributed by atoms with van der Waals surface area (Å²) in [5, 5.41) is 7.47. The van der Waals surface area contributed by atoms with Crippen LogP contribution in [-0.4, -0.2) is 16.3 Å². The van der Waals surface area contributed by atoms with Crippen LogP contribution in [0, 0.1) is 12.7 Å². The summed E-state index contributed by atoms with van der Waals surface area (Å²) in [6.45, 7) is 4.25. The molecule has 0 fully saturated rings. The van der Waals surface area contributed by atoms with Crippen LogP contribution in [0.2, 0.25) is 0 Å². The van der Waals surface area contributed by atoms with Crippen molar-refractivity contribution in [1.29, 1.82) is 0 Å². The van der Waals surface area contributed by atoms with Crippen molar-refractivity contribution in [2.75, 3.05) is 6.54 Å². The van der Waals surface area contributed by atoms with Gasteiger partial charge in [-0.2, -0.15) is 5.10 Å². The Morgan fingerprint density at radius 1 is 1.44 bits per heavy atom. The number of hydrogen-bond acceptors (Lipinski definition) is 2. The van der Waals surface area contributed by atoms with Gasteiger partial charge in [-0.05, 0) is 40.0 Å². The van der Waals surface area contributed by atoms with Crippen LogP contribution in [0.4, 0.5) is 4.39 Å². The van der Waals surface area contributed by atoms with E-state index < -0.39 is 0 Å². The minimum absolute atomic E-state index is 0.225. The molecule has 1 aromatic heterocycles. The Kier molecular flexibility index (Phi) is 4.49. The Bertz CT molecular complexity index is 525. The van der Waals surface area contributed by atoms with Crippen LogP contribution < -0.4 is 5.32 Å². The molecule has 2 aromatic rings. The summed E-state index contributed by atoms with van der Waals surface area (Å²) in [6, 6.07) is 5.06. The van der Waals surface area contributed by atoms with Crippen LogP contribution in [0.15, 0.2) is 35.1 Å². The Balaban J connectivity index is 1.80. The third kappa shape index (κ3) is 3.40. The predicted octanol–water partition coefficient (Wildman–Crippen LogP) is 2.88. The molecule has 1 aromatic carbocycles. The zero-order chi connectivity index (χ0) is 13.0. The fourth-order valence-corrected chi connectivity index (χ4v) is 2.10. The number of aryl methyl sites for hydroxylation is 1. The van der Waals surface area contributed by atoms with Gasteiger partial charge in [0.25, 0.3) is 0 Å². The van der Waals surface area contributed by atoms with Crippen molar-refractivity contribution in [2.24, 2.45) is 0 Å². The molecule has 0 bridgehead atoms. The van der Waals surface area contributed by atoms with E-state index in [1.807, 2.05) is 30.1 Å². The second-order valence-corrected chi connectivity index (χ2v) is 4.96. The van der Waals surface area contributed by atoms with Gasteiger partial charge in [-0.15, -0.1) is 0 Å². The number of halogens is 2. The summed E-state index contributed by atoms with van der Waals surface area (Å²) < 4.78 is 15.7. The lowest BCUT2D eigenvalue weighted by Gasteiger charge is -2.07. The molecule has 5 heteroatoms. The molecule has 96 valence electrons. The van der Waals surface area contributed by atoms with Crippen LogP contribution >= 0.6 is 15.9 Å². The van der Waals surface area contributed by atoms with Gasteiger partial charge in [-0.3, -0.25) is 4.68 Å². The number of benzene rings is 1. The molecule has 0 radical (unpaired) electrons. The number of nitrogens with one attached hydrogen (secondary N) is 1. The van der Waals surface area contributed by atoms with Gasteiger partial charge in [0, 0.05) is 19.3 Å². The first-order chi connectivity index (χ1) is 8.66. The first kappa shape index (κ1) is 13.2. The fraction of sp³-hybridized carbons (Fsp3) is 0.308. The van der Waals surface area contributed by atoms with Gasteiger partial charge in [-0.1, -0.05) is 12.1 Å². The van der Waals surface area contributed by atoms with Crippen molar-refractivity contribution in [3.8, 4) is 0 Å². The number of aromatic nitrogens is 2. The maximum Gasteiger partial charge on any atom is 0.137 e. The first-order valence-electron chi connectivity index (χ1n) is 5.79. The van der Waals surface area contributed by atoms with Crippen molar-refractivity contribution in [3.05, 3.63) is 52.0 Å². The highest BCUT2D eigenvalue weighted by Crippen LogP contribution is 2.19. The van der Waals surface area contributed by atoms with Gasteiger partial charge in [0.2, 0.25) is 0 Å². The lowest BCUT2D eigenvalue weighted by atomic mass is 10.2. The van der Waals surface area contributed by atoms with Crippen molar-refractivity contribution in [3.63, 3.8) is 0 Å². The molecule has 1 N–H and O–H groups in total. The van der Waals surface area contributed by atoms with E-state index in [1.54, 1.807) is 6.07 Å². The highest BCUT2D eigenvalue weighted by molar-refractivity contribution is 9.10. The molecule has 0 saturated carbocycles. The largest absolute Gasteiger partial charge is 0.311 e. The van der Waals surface area contributed by atoms with Crippen LogP contribution in [0.1, 0.15) is 11.1 Å². The normalized spacial score (nSPS) is 10.8. The van der Waals surface area contributed by atoms with E-state index in [0.29, 0.717) is 11.0 Å². The molecule has 0 aliphatic carbocycles. The highest BCUT2D eigenvalue weighted by Gasteiger charge is 2.04. The molecule has 3 nitrogen and oxygen atoms in total. The molecule has 0 aliphatic rings. The minimum Gasteiger partial charge on any atom is -0.311 e. The zero-order valence-corrected chi connectivity index (χ0v) is 11.7. The summed E-state index contributed by atoms with van der Waals surface area (Å²) in [4.78, 5) is 0. The van der Waals surface area contributed by atoms with Gasteiger partial charge >= 0.3 is 0 Å². The van der Waals surface area contributed by atoms with Gasteiger partial charge in [0.05, 0.1) is 17.2 Å².